The van der Waals surface area contributed by atoms with Gasteiger partial charge in [-0.15, -0.1) is 0 Å². The van der Waals surface area contributed by atoms with Gasteiger partial charge in [-0.3, -0.25) is 0 Å². The molecule has 9 heavy (non-hydrogen) atoms. The van der Waals surface area contributed by atoms with Gasteiger partial charge in [0.25, 0.3) is 0 Å². The van der Waals surface area contributed by atoms with Crippen LogP contribution < -0.4 is 0 Å². The Morgan fingerprint density at radius 1 is 1.78 bits per heavy atom. The second-order valence-corrected chi connectivity index (χ2v) is 2.62. The predicted octanol–water partition coefficient (Wildman–Crippen LogP) is 1.93. The third kappa shape index (κ3) is 1.41. The molecule has 0 radical (unpaired) electrons. The molecule has 1 nitrogen and oxygen atoms in total. The van der Waals surface area contributed by atoms with Gasteiger partial charge in [0.05, 0.1) is 0 Å². The zero-order valence-electron chi connectivity index (χ0n) is 5.76. The van der Waals surface area contributed by atoms with Gasteiger partial charge in [-0.2, -0.15) is 0 Å². The molecule has 0 N–H and O–H groups in total. The topological polar surface area (TPSA) is 17.1 Å². The van der Waals surface area contributed by atoms with Crippen molar-refractivity contribution < 1.29 is 4.79 Å². The molecule has 0 amide bonds. The Hall–Kier alpha value is -0.590. The summed E-state index contributed by atoms with van der Waals surface area (Å²) in [7, 11) is 0. The largest absolute Gasteiger partial charge is 0.303 e. The van der Waals surface area contributed by atoms with Crippen LogP contribution in [0.25, 0.3) is 0 Å². The smallest absolute Gasteiger partial charge is 0.127 e. The molecule has 0 saturated heterocycles. The Balaban J connectivity index is 2.60. The first-order valence-corrected chi connectivity index (χ1v) is 3.46. The van der Waals surface area contributed by atoms with Crippen molar-refractivity contribution in [1.29, 1.82) is 0 Å². The first kappa shape index (κ1) is 6.53. The molecule has 1 heteroatoms. The van der Waals surface area contributed by atoms with E-state index < -0.39 is 0 Å². The molecule has 1 aliphatic rings. The van der Waals surface area contributed by atoms with Gasteiger partial charge >= 0.3 is 0 Å². The summed E-state index contributed by atoms with van der Waals surface area (Å²) in [4.78, 5) is 10.3. The second kappa shape index (κ2) is 2.81. The average molecular weight is 124 g/mol. The number of allylic oxidation sites excluding steroid dienone is 2. The second-order valence-electron chi connectivity index (χ2n) is 2.62. The molecule has 0 bridgehead atoms. The third-order valence-corrected chi connectivity index (χ3v) is 1.93. The molecule has 1 aliphatic carbocycles. The van der Waals surface area contributed by atoms with Gasteiger partial charge < -0.3 is 4.79 Å². The fourth-order valence-electron chi connectivity index (χ4n) is 1.22. The molecule has 0 heterocycles. The third-order valence-electron chi connectivity index (χ3n) is 1.93. The van der Waals surface area contributed by atoms with Crippen molar-refractivity contribution in [3.8, 4) is 0 Å². The number of carbonyl (C=O) groups excluding carboxylic acids is 1. The maximum absolute atomic E-state index is 10.3. The molecule has 1 atom stereocenters. The summed E-state index contributed by atoms with van der Waals surface area (Å²) in [5, 5.41) is 0. The van der Waals surface area contributed by atoms with Crippen LogP contribution in [-0.4, -0.2) is 6.29 Å². The number of aldehydes is 1. The van der Waals surface area contributed by atoms with E-state index in [1.807, 2.05) is 6.92 Å². The Labute approximate surface area is 55.8 Å². The van der Waals surface area contributed by atoms with E-state index in [0.29, 0.717) is 0 Å². The highest BCUT2D eigenvalue weighted by Crippen LogP contribution is 2.21. The summed E-state index contributed by atoms with van der Waals surface area (Å²) >= 11 is 0. The highest BCUT2D eigenvalue weighted by atomic mass is 16.1. The quantitative estimate of drug-likeness (QED) is 0.385. The first-order valence-electron chi connectivity index (χ1n) is 3.46. The highest BCUT2D eigenvalue weighted by Gasteiger charge is 2.11. The van der Waals surface area contributed by atoms with E-state index in [1.54, 1.807) is 0 Å². The lowest BCUT2D eigenvalue weighted by Gasteiger charge is -2.14. The number of carbonyl (C=O) groups is 1. The lowest BCUT2D eigenvalue weighted by Crippen LogP contribution is -2.06. The summed E-state index contributed by atoms with van der Waals surface area (Å²) in [6, 6.07) is 0. The van der Waals surface area contributed by atoms with Gasteiger partial charge in [0.2, 0.25) is 0 Å². The Kier molecular flexibility index (Phi) is 2.04. The molecular formula is C8H12O. The maximum Gasteiger partial charge on any atom is 0.127 e. The molecule has 0 aromatic carbocycles. The van der Waals surface area contributed by atoms with Crippen molar-refractivity contribution in [1.82, 2.24) is 0 Å². The van der Waals surface area contributed by atoms with E-state index >= 15 is 0 Å². The van der Waals surface area contributed by atoms with E-state index in [0.717, 1.165) is 19.1 Å². The monoisotopic (exact) mass is 124 g/mol. The predicted molar refractivity (Wildman–Crippen MR) is 37.2 cm³/mol. The van der Waals surface area contributed by atoms with Crippen molar-refractivity contribution in [2.24, 2.45) is 5.92 Å². The lowest BCUT2D eigenvalue weighted by atomic mass is 9.90. The molecular weight excluding hydrogens is 112 g/mol. The number of rotatable bonds is 1. The first-order chi connectivity index (χ1) is 4.34. The molecule has 50 valence electrons. The molecule has 0 aromatic heterocycles. The van der Waals surface area contributed by atoms with Gasteiger partial charge in [-0.05, 0) is 26.2 Å². The average Bonchev–Trinajstić information content (AvgIpc) is 1.89. The minimum Gasteiger partial charge on any atom is -0.303 e. The Morgan fingerprint density at radius 2 is 2.56 bits per heavy atom. The minimum atomic E-state index is 0.235. The molecule has 1 unspecified atom stereocenters. The van der Waals surface area contributed by atoms with Crippen LogP contribution in [0.3, 0.4) is 0 Å². The van der Waals surface area contributed by atoms with Crippen LogP contribution in [0.1, 0.15) is 26.2 Å². The number of hydrogen-bond donors (Lipinski definition) is 0. The van der Waals surface area contributed by atoms with Crippen LogP contribution in [0.15, 0.2) is 11.6 Å². The van der Waals surface area contributed by atoms with Crippen molar-refractivity contribution >= 4 is 6.29 Å². The zero-order valence-corrected chi connectivity index (χ0v) is 5.76. The summed E-state index contributed by atoms with van der Waals surface area (Å²) < 4.78 is 0. The Morgan fingerprint density at radius 3 is 3.00 bits per heavy atom. The van der Waals surface area contributed by atoms with Crippen LogP contribution >= 0.6 is 0 Å². The van der Waals surface area contributed by atoms with Gasteiger partial charge in [-0.1, -0.05) is 11.6 Å². The normalized spacial score (nSPS) is 27.2. The molecule has 0 aliphatic heterocycles. The van der Waals surface area contributed by atoms with Crippen molar-refractivity contribution in [2.75, 3.05) is 0 Å². The molecule has 0 aromatic rings. The van der Waals surface area contributed by atoms with Crippen LogP contribution in [0.5, 0.6) is 0 Å². The van der Waals surface area contributed by atoms with Crippen molar-refractivity contribution in [2.45, 2.75) is 26.2 Å². The van der Waals surface area contributed by atoms with E-state index in [-0.39, 0.29) is 5.92 Å². The van der Waals surface area contributed by atoms with Crippen LogP contribution in [-0.2, 0) is 4.79 Å². The maximum atomic E-state index is 10.3. The number of hydrogen-bond acceptors (Lipinski definition) is 1. The van der Waals surface area contributed by atoms with Gasteiger partial charge in [0.15, 0.2) is 0 Å². The van der Waals surface area contributed by atoms with Crippen LogP contribution in [0.2, 0.25) is 0 Å². The summed E-state index contributed by atoms with van der Waals surface area (Å²) in [5.74, 6) is 0.235. The molecule has 0 fully saturated rings. The summed E-state index contributed by atoms with van der Waals surface area (Å²) in [6.07, 6.45) is 6.64. The van der Waals surface area contributed by atoms with Crippen LogP contribution in [0, 0.1) is 5.92 Å². The Bertz CT molecular complexity index is 136. The zero-order chi connectivity index (χ0) is 6.69. The SMILES string of the molecule is CC1=CCCCC1C=O. The molecule has 0 saturated carbocycles. The fraction of sp³-hybridized carbons (Fsp3) is 0.625. The lowest BCUT2D eigenvalue weighted by molar-refractivity contribution is -0.110. The van der Waals surface area contributed by atoms with Gasteiger partial charge in [0.1, 0.15) is 6.29 Å². The minimum absolute atomic E-state index is 0.235. The van der Waals surface area contributed by atoms with E-state index in [1.165, 1.54) is 12.0 Å². The van der Waals surface area contributed by atoms with Crippen molar-refractivity contribution in [3.63, 3.8) is 0 Å². The van der Waals surface area contributed by atoms with E-state index in [9.17, 15) is 4.79 Å². The van der Waals surface area contributed by atoms with E-state index in [2.05, 4.69) is 6.08 Å². The standard InChI is InChI=1S/C8H12O/c1-7-4-2-3-5-8(7)6-9/h4,6,8H,2-3,5H2,1H3. The fourth-order valence-corrected chi connectivity index (χ4v) is 1.22. The molecule has 0 spiro atoms. The highest BCUT2D eigenvalue weighted by molar-refractivity contribution is 5.58. The summed E-state index contributed by atoms with van der Waals surface area (Å²) in [6.45, 7) is 2.04. The van der Waals surface area contributed by atoms with Gasteiger partial charge in [-0.25, -0.2) is 0 Å². The van der Waals surface area contributed by atoms with Crippen molar-refractivity contribution in [3.05, 3.63) is 11.6 Å². The van der Waals surface area contributed by atoms with E-state index in [4.69, 9.17) is 0 Å². The van der Waals surface area contributed by atoms with Gasteiger partial charge in [0, 0.05) is 5.92 Å². The summed E-state index contributed by atoms with van der Waals surface area (Å²) in [5.41, 5.74) is 1.26. The van der Waals surface area contributed by atoms with Crippen LogP contribution in [0.4, 0.5) is 0 Å². The molecule has 1 rings (SSSR count).